The summed E-state index contributed by atoms with van der Waals surface area (Å²) in [5, 5.41) is 5.56. The Balaban J connectivity index is 1.29. The number of carbonyl (C=O) groups excluding carboxylic acids is 3. The number of fused-ring (bicyclic) bond motifs is 1. The maximum atomic E-state index is 12.6. The molecular weight excluding hydrogens is 394 g/mol. The number of nitrogens with zero attached hydrogens (tertiary/aromatic N) is 3. The summed E-state index contributed by atoms with van der Waals surface area (Å²) in [6.45, 7) is 3.52. The molecule has 0 saturated heterocycles. The van der Waals surface area contributed by atoms with Gasteiger partial charge in [0.05, 0.1) is 23.6 Å². The number of hydrogen-bond acceptors (Lipinski definition) is 4. The minimum atomic E-state index is -0.683. The molecule has 0 saturated carbocycles. The maximum absolute atomic E-state index is 12.6. The highest BCUT2D eigenvalue weighted by Gasteiger charge is 2.30. The van der Waals surface area contributed by atoms with Crippen molar-refractivity contribution in [1.82, 2.24) is 14.9 Å². The van der Waals surface area contributed by atoms with Gasteiger partial charge in [0.25, 0.3) is 0 Å². The van der Waals surface area contributed by atoms with Gasteiger partial charge >= 0.3 is 11.8 Å². The lowest BCUT2D eigenvalue weighted by atomic mass is 9.91. The molecule has 3 aliphatic rings. The van der Waals surface area contributed by atoms with E-state index in [1.54, 1.807) is 6.20 Å². The first-order valence-corrected chi connectivity index (χ1v) is 11.1. The van der Waals surface area contributed by atoms with Crippen LogP contribution in [0.15, 0.2) is 18.3 Å². The lowest BCUT2D eigenvalue weighted by Gasteiger charge is -2.35. The molecule has 4 heterocycles. The minimum absolute atomic E-state index is 0.167. The van der Waals surface area contributed by atoms with Gasteiger partial charge in [-0.05, 0) is 62.3 Å². The van der Waals surface area contributed by atoms with Crippen molar-refractivity contribution in [3.63, 3.8) is 0 Å². The summed E-state index contributed by atoms with van der Waals surface area (Å²) in [5.41, 5.74) is 4.67. The number of carbonyl (C=O) groups is 3. The fourth-order valence-corrected chi connectivity index (χ4v) is 5.03. The molecule has 1 aromatic heterocycles. The van der Waals surface area contributed by atoms with E-state index in [2.05, 4.69) is 20.2 Å². The molecule has 8 heteroatoms. The molecule has 2 N–H and O–H groups in total. The summed E-state index contributed by atoms with van der Waals surface area (Å²) < 4.78 is 2.15. The van der Waals surface area contributed by atoms with Crippen LogP contribution < -0.4 is 15.5 Å². The Kier molecular flexibility index (Phi) is 5.00. The van der Waals surface area contributed by atoms with E-state index in [1.807, 2.05) is 24.0 Å². The van der Waals surface area contributed by atoms with Crippen LogP contribution in [0.4, 0.5) is 11.4 Å². The average molecular weight is 422 g/mol. The van der Waals surface area contributed by atoms with Crippen molar-refractivity contribution in [1.29, 1.82) is 0 Å². The predicted octanol–water partition coefficient (Wildman–Crippen LogP) is 2.26. The fraction of sp³-hybridized carbons (Fsp3) is 0.478. The van der Waals surface area contributed by atoms with Crippen LogP contribution in [0, 0.1) is 0 Å². The van der Waals surface area contributed by atoms with Crippen molar-refractivity contribution in [3.05, 3.63) is 41.0 Å². The molecule has 2 aromatic rings. The number of aromatic nitrogens is 2. The van der Waals surface area contributed by atoms with E-state index in [9.17, 15) is 14.4 Å². The molecule has 0 bridgehead atoms. The number of imidazole rings is 1. The van der Waals surface area contributed by atoms with Crippen LogP contribution in [-0.4, -0.2) is 33.8 Å². The lowest BCUT2D eigenvalue weighted by Crippen LogP contribution is -2.39. The van der Waals surface area contributed by atoms with Crippen LogP contribution in [0.25, 0.3) is 0 Å². The average Bonchev–Trinajstić information content (AvgIpc) is 3.20. The van der Waals surface area contributed by atoms with Gasteiger partial charge in [0.2, 0.25) is 5.91 Å². The van der Waals surface area contributed by atoms with Gasteiger partial charge in [0.15, 0.2) is 0 Å². The molecule has 1 unspecified atom stereocenters. The number of anilines is 2. The number of amides is 3. The number of rotatable bonds is 3. The van der Waals surface area contributed by atoms with Gasteiger partial charge in [-0.2, -0.15) is 0 Å². The van der Waals surface area contributed by atoms with Gasteiger partial charge in [-0.15, -0.1) is 0 Å². The van der Waals surface area contributed by atoms with Gasteiger partial charge in [-0.1, -0.05) is 0 Å². The van der Waals surface area contributed by atoms with Gasteiger partial charge in [0, 0.05) is 31.6 Å². The topological polar surface area (TPSA) is 96.3 Å². The van der Waals surface area contributed by atoms with Crippen molar-refractivity contribution >= 4 is 29.1 Å². The third-order valence-corrected chi connectivity index (χ3v) is 6.53. The second-order valence-electron chi connectivity index (χ2n) is 8.65. The summed E-state index contributed by atoms with van der Waals surface area (Å²) in [7, 11) is 0. The standard InChI is InChI=1S/C23H27N5O3/c1-14(18-13-24-19-6-2-3-9-27(18)19)25-22(30)23(31)26-17-11-15-5-4-10-28-20(29)8-7-16(12-17)21(15)28/h11-14H,2-10H2,1H3,(H,25,30)(H,26,31). The summed E-state index contributed by atoms with van der Waals surface area (Å²) in [6, 6.07) is 3.48. The normalized spacial score (nSPS) is 18.1. The van der Waals surface area contributed by atoms with Gasteiger partial charge in [-0.3, -0.25) is 14.4 Å². The Hall–Kier alpha value is -3.16. The van der Waals surface area contributed by atoms with Crippen LogP contribution in [0.1, 0.15) is 61.3 Å². The molecule has 31 heavy (non-hydrogen) atoms. The third kappa shape index (κ3) is 3.60. The van der Waals surface area contributed by atoms with Gasteiger partial charge < -0.3 is 20.1 Å². The zero-order chi connectivity index (χ0) is 21.5. The molecule has 3 aliphatic heterocycles. The molecule has 0 fully saturated rings. The molecule has 162 valence electrons. The first-order valence-electron chi connectivity index (χ1n) is 11.1. The largest absolute Gasteiger partial charge is 0.340 e. The van der Waals surface area contributed by atoms with Crippen molar-refractivity contribution in [2.75, 3.05) is 16.8 Å². The number of hydrogen-bond donors (Lipinski definition) is 2. The fourth-order valence-electron chi connectivity index (χ4n) is 5.03. The molecular formula is C23H27N5O3. The summed E-state index contributed by atoms with van der Waals surface area (Å²) in [5.74, 6) is -0.137. The first-order chi connectivity index (χ1) is 15.0. The molecule has 0 radical (unpaired) electrons. The summed E-state index contributed by atoms with van der Waals surface area (Å²) in [6.07, 6.45) is 7.90. The zero-order valence-corrected chi connectivity index (χ0v) is 17.7. The Labute approximate surface area is 181 Å². The van der Waals surface area contributed by atoms with E-state index in [1.165, 1.54) is 0 Å². The Morgan fingerprint density at radius 3 is 2.65 bits per heavy atom. The molecule has 0 aliphatic carbocycles. The van der Waals surface area contributed by atoms with Gasteiger partial charge in [0.1, 0.15) is 5.82 Å². The van der Waals surface area contributed by atoms with Crippen LogP contribution in [0.2, 0.25) is 0 Å². The smallest absolute Gasteiger partial charge is 0.313 e. The van der Waals surface area contributed by atoms with Crippen molar-refractivity contribution < 1.29 is 14.4 Å². The van der Waals surface area contributed by atoms with Crippen molar-refractivity contribution in [3.8, 4) is 0 Å². The van der Waals surface area contributed by atoms with E-state index in [0.29, 0.717) is 18.5 Å². The maximum Gasteiger partial charge on any atom is 0.313 e. The highest BCUT2D eigenvalue weighted by atomic mass is 16.2. The van der Waals surface area contributed by atoms with E-state index in [0.717, 1.165) is 73.5 Å². The van der Waals surface area contributed by atoms with E-state index < -0.39 is 11.8 Å². The predicted molar refractivity (Wildman–Crippen MR) is 116 cm³/mol. The second kappa shape index (κ2) is 7.83. The molecule has 1 atom stereocenters. The van der Waals surface area contributed by atoms with Crippen molar-refractivity contribution in [2.24, 2.45) is 0 Å². The number of benzene rings is 1. The molecule has 1 aromatic carbocycles. The molecule has 5 rings (SSSR count). The monoisotopic (exact) mass is 421 g/mol. The molecule has 3 amide bonds. The second-order valence-corrected chi connectivity index (χ2v) is 8.65. The van der Waals surface area contributed by atoms with E-state index in [4.69, 9.17) is 0 Å². The van der Waals surface area contributed by atoms with Crippen molar-refractivity contribution in [2.45, 2.75) is 64.5 Å². The highest BCUT2D eigenvalue weighted by molar-refractivity contribution is 6.39. The summed E-state index contributed by atoms with van der Waals surface area (Å²) >= 11 is 0. The van der Waals surface area contributed by atoms with Crippen LogP contribution in [0.3, 0.4) is 0 Å². The Morgan fingerprint density at radius 2 is 1.81 bits per heavy atom. The third-order valence-electron chi connectivity index (χ3n) is 6.53. The van der Waals surface area contributed by atoms with Crippen LogP contribution in [0.5, 0.6) is 0 Å². The van der Waals surface area contributed by atoms with E-state index in [-0.39, 0.29) is 11.9 Å². The minimum Gasteiger partial charge on any atom is -0.340 e. The number of aryl methyl sites for hydroxylation is 3. The summed E-state index contributed by atoms with van der Waals surface area (Å²) in [4.78, 5) is 43.7. The zero-order valence-electron chi connectivity index (χ0n) is 17.7. The van der Waals surface area contributed by atoms with Gasteiger partial charge in [-0.25, -0.2) is 4.98 Å². The van der Waals surface area contributed by atoms with Crippen LogP contribution in [-0.2, 0) is 40.2 Å². The lowest BCUT2D eigenvalue weighted by molar-refractivity contribution is -0.136. The Bertz CT molecular complexity index is 1060. The quantitative estimate of drug-likeness (QED) is 0.743. The highest BCUT2D eigenvalue weighted by Crippen LogP contribution is 2.37. The SMILES string of the molecule is CC(NC(=O)C(=O)Nc1cc2c3c(c1)CCC(=O)N3CCC2)c1cnc2n1CCCC2. The van der Waals surface area contributed by atoms with Crippen LogP contribution >= 0.6 is 0 Å². The Morgan fingerprint density at radius 1 is 1.00 bits per heavy atom. The first kappa shape index (κ1) is 19.8. The molecule has 0 spiro atoms. The number of nitrogens with one attached hydrogen (secondary N) is 2. The molecule has 8 nitrogen and oxygen atoms in total. The van der Waals surface area contributed by atoms with E-state index >= 15 is 0 Å².